The molecule has 0 radical (unpaired) electrons. The molecule has 29 heavy (non-hydrogen) atoms. The van der Waals surface area contributed by atoms with Gasteiger partial charge in [0.15, 0.2) is 0 Å². The van der Waals surface area contributed by atoms with Gasteiger partial charge in [-0.3, -0.25) is 9.59 Å². The molecule has 2 aromatic rings. The number of amides is 2. The minimum absolute atomic E-state index is 0.0404. The summed E-state index contributed by atoms with van der Waals surface area (Å²) in [5.74, 6) is -0.0256. The van der Waals surface area contributed by atoms with Crippen molar-refractivity contribution in [2.45, 2.75) is 58.9 Å². The Kier molecular flexibility index (Phi) is 9.42. The Labute approximate surface area is 175 Å². The van der Waals surface area contributed by atoms with E-state index in [0.29, 0.717) is 32.4 Å². The predicted molar refractivity (Wildman–Crippen MR) is 119 cm³/mol. The minimum Gasteiger partial charge on any atom is -0.355 e. The monoisotopic (exact) mass is 394 g/mol. The molecule has 0 aliphatic rings. The summed E-state index contributed by atoms with van der Waals surface area (Å²) in [4.78, 5) is 27.5. The van der Waals surface area contributed by atoms with Gasteiger partial charge in [-0.05, 0) is 49.3 Å². The fraction of sp³-hybridized carbons (Fsp3) is 0.440. The van der Waals surface area contributed by atoms with Crippen LogP contribution in [0.2, 0.25) is 0 Å². The van der Waals surface area contributed by atoms with Crippen molar-refractivity contribution in [3.63, 3.8) is 0 Å². The molecule has 0 aliphatic heterocycles. The zero-order valence-corrected chi connectivity index (χ0v) is 18.0. The minimum atomic E-state index is -0.423. The molecule has 4 heteroatoms. The lowest BCUT2D eigenvalue weighted by atomic mass is 10.0. The first-order valence-electron chi connectivity index (χ1n) is 10.8. The molecular formula is C25H34N2O2. The number of hydrogen-bond donors (Lipinski definition) is 1. The van der Waals surface area contributed by atoms with Crippen LogP contribution in [-0.4, -0.2) is 35.8 Å². The second kappa shape index (κ2) is 12.1. The van der Waals surface area contributed by atoms with Crippen molar-refractivity contribution >= 4 is 11.8 Å². The van der Waals surface area contributed by atoms with Crippen molar-refractivity contribution in [3.05, 3.63) is 71.3 Å². The Morgan fingerprint density at radius 3 is 2.07 bits per heavy atom. The number of carbonyl (C=O) groups excluding carboxylic acids is 2. The molecule has 0 spiro atoms. The molecule has 2 amide bonds. The van der Waals surface area contributed by atoms with Crippen LogP contribution < -0.4 is 5.32 Å². The van der Waals surface area contributed by atoms with Crippen LogP contribution in [0.4, 0.5) is 0 Å². The highest BCUT2D eigenvalue weighted by atomic mass is 16.2. The average molecular weight is 395 g/mol. The highest BCUT2D eigenvalue weighted by Crippen LogP contribution is 2.13. The Hall–Kier alpha value is -2.62. The third kappa shape index (κ3) is 7.04. The van der Waals surface area contributed by atoms with E-state index in [9.17, 15) is 9.59 Å². The summed E-state index contributed by atoms with van der Waals surface area (Å²) in [6.07, 6.45) is 3.47. The Morgan fingerprint density at radius 1 is 0.862 bits per heavy atom. The molecule has 0 bridgehead atoms. The molecule has 2 aromatic carbocycles. The molecule has 4 nitrogen and oxygen atoms in total. The number of likely N-dealkylation sites (N-methyl/N-ethyl adjacent to an activating group) is 1. The third-order valence-electron chi connectivity index (χ3n) is 5.28. The van der Waals surface area contributed by atoms with Crippen LogP contribution >= 0.6 is 0 Å². The largest absolute Gasteiger partial charge is 0.355 e. The van der Waals surface area contributed by atoms with Crippen LogP contribution in [-0.2, 0) is 28.9 Å². The van der Waals surface area contributed by atoms with E-state index in [1.54, 1.807) is 4.90 Å². The lowest BCUT2D eigenvalue weighted by molar-refractivity contribution is -0.140. The summed E-state index contributed by atoms with van der Waals surface area (Å²) in [6.45, 7) is 7.12. The van der Waals surface area contributed by atoms with Gasteiger partial charge in [-0.25, -0.2) is 0 Å². The molecule has 2 rings (SSSR count). The van der Waals surface area contributed by atoms with Gasteiger partial charge in [0, 0.05) is 19.5 Å². The maximum absolute atomic E-state index is 13.1. The Balaban J connectivity index is 2.08. The van der Waals surface area contributed by atoms with Crippen molar-refractivity contribution in [1.29, 1.82) is 0 Å². The first-order chi connectivity index (χ1) is 14.1. The standard InChI is InChI=1S/C25H34N2O2/c1-4-20-12-14-22(15-13-20)16-17-24(28)27(23(5-2)25(29)26-6-3)19-18-21-10-8-7-9-11-21/h7-15,23H,4-6,16-19H2,1-3H3,(H,26,29)/t23-/m0/s1. The van der Waals surface area contributed by atoms with Crippen LogP contribution in [0.25, 0.3) is 0 Å². The van der Waals surface area contributed by atoms with Gasteiger partial charge in [0.25, 0.3) is 0 Å². The number of nitrogens with one attached hydrogen (secondary N) is 1. The molecular weight excluding hydrogens is 360 g/mol. The van der Waals surface area contributed by atoms with E-state index >= 15 is 0 Å². The second-order valence-electron chi connectivity index (χ2n) is 7.31. The van der Waals surface area contributed by atoms with Gasteiger partial charge in [0.1, 0.15) is 6.04 Å². The zero-order chi connectivity index (χ0) is 21.1. The first-order valence-corrected chi connectivity index (χ1v) is 10.8. The quantitative estimate of drug-likeness (QED) is 0.622. The third-order valence-corrected chi connectivity index (χ3v) is 5.28. The fourth-order valence-electron chi connectivity index (χ4n) is 3.52. The van der Waals surface area contributed by atoms with Crippen molar-refractivity contribution < 1.29 is 9.59 Å². The molecule has 1 atom stereocenters. The summed E-state index contributed by atoms with van der Waals surface area (Å²) >= 11 is 0. The Bertz CT molecular complexity index is 756. The SMILES string of the molecule is CCNC(=O)[C@H](CC)N(CCc1ccccc1)C(=O)CCc1ccc(CC)cc1. The zero-order valence-electron chi connectivity index (χ0n) is 18.0. The van der Waals surface area contributed by atoms with Gasteiger partial charge in [0.2, 0.25) is 11.8 Å². The van der Waals surface area contributed by atoms with Gasteiger partial charge in [-0.2, -0.15) is 0 Å². The number of benzene rings is 2. The smallest absolute Gasteiger partial charge is 0.242 e. The predicted octanol–water partition coefficient (Wildman–Crippen LogP) is 4.17. The van der Waals surface area contributed by atoms with Gasteiger partial charge in [-0.1, -0.05) is 68.4 Å². The van der Waals surface area contributed by atoms with Crippen molar-refractivity contribution in [3.8, 4) is 0 Å². The van der Waals surface area contributed by atoms with Gasteiger partial charge in [0.05, 0.1) is 0 Å². The highest BCUT2D eigenvalue weighted by molar-refractivity contribution is 5.87. The summed E-state index contributed by atoms with van der Waals surface area (Å²) in [5, 5.41) is 2.88. The molecule has 0 saturated carbocycles. The van der Waals surface area contributed by atoms with Gasteiger partial charge < -0.3 is 10.2 Å². The molecule has 0 aromatic heterocycles. The number of hydrogen-bond acceptors (Lipinski definition) is 2. The molecule has 0 saturated heterocycles. The highest BCUT2D eigenvalue weighted by Gasteiger charge is 2.27. The number of carbonyl (C=O) groups is 2. The molecule has 0 unspecified atom stereocenters. The van der Waals surface area contributed by atoms with E-state index < -0.39 is 6.04 Å². The van der Waals surface area contributed by atoms with E-state index in [1.807, 2.05) is 32.0 Å². The fourth-order valence-corrected chi connectivity index (χ4v) is 3.52. The van der Waals surface area contributed by atoms with Crippen LogP contribution in [0, 0.1) is 0 Å². The summed E-state index contributed by atoms with van der Waals surface area (Å²) in [5.41, 5.74) is 3.63. The van der Waals surface area contributed by atoms with Gasteiger partial charge >= 0.3 is 0 Å². The lowest BCUT2D eigenvalue weighted by Gasteiger charge is -2.30. The van der Waals surface area contributed by atoms with E-state index in [1.165, 1.54) is 11.1 Å². The van der Waals surface area contributed by atoms with Crippen molar-refractivity contribution in [2.75, 3.05) is 13.1 Å². The molecule has 156 valence electrons. The van der Waals surface area contributed by atoms with Crippen LogP contribution in [0.3, 0.4) is 0 Å². The van der Waals surface area contributed by atoms with Gasteiger partial charge in [-0.15, -0.1) is 0 Å². The van der Waals surface area contributed by atoms with Crippen LogP contribution in [0.15, 0.2) is 54.6 Å². The molecule has 0 aliphatic carbocycles. The second-order valence-corrected chi connectivity index (χ2v) is 7.31. The maximum atomic E-state index is 13.1. The van der Waals surface area contributed by atoms with Crippen molar-refractivity contribution in [1.82, 2.24) is 10.2 Å². The summed E-state index contributed by atoms with van der Waals surface area (Å²) < 4.78 is 0. The van der Waals surface area contributed by atoms with E-state index in [-0.39, 0.29) is 11.8 Å². The molecule has 0 heterocycles. The van der Waals surface area contributed by atoms with Crippen LogP contribution in [0.1, 0.15) is 50.3 Å². The van der Waals surface area contributed by atoms with Crippen molar-refractivity contribution in [2.24, 2.45) is 0 Å². The van der Waals surface area contributed by atoms with E-state index in [2.05, 4.69) is 48.6 Å². The first kappa shape index (κ1) is 22.7. The number of nitrogens with zero attached hydrogens (tertiary/aromatic N) is 1. The molecule has 1 N–H and O–H groups in total. The number of aryl methyl sites for hydroxylation is 2. The topological polar surface area (TPSA) is 49.4 Å². The summed E-state index contributed by atoms with van der Waals surface area (Å²) in [7, 11) is 0. The maximum Gasteiger partial charge on any atom is 0.242 e. The average Bonchev–Trinajstić information content (AvgIpc) is 2.76. The number of rotatable bonds is 11. The lowest BCUT2D eigenvalue weighted by Crippen LogP contribution is -2.50. The van der Waals surface area contributed by atoms with Crippen LogP contribution in [0.5, 0.6) is 0 Å². The molecule has 0 fully saturated rings. The summed E-state index contributed by atoms with van der Waals surface area (Å²) in [6, 6.07) is 18.1. The van der Waals surface area contributed by atoms with E-state index in [0.717, 1.165) is 18.4 Å². The Morgan fingerprint density at radius 2 is 1.48 bits per heavy atom. The van der Waals surface area contributed by atoms with E-state index in [4.69, 9.17) is 0 Å². The normalized spacial score (nSPS) is 11.7.